The molecule has 0 amide bonds. The van der Waals surface area contributed by atoms with E-state index in [2.05, 4.69) is 32.3 Å². The number of allylic oxidation sites excluding steroid dienone is 3. The van der Waals surface area contributed by atoms with Gasteiger partial charge in [-0.15, -0.1) is 0 Å². The van der Waals surface area contributed by atoms with Crippen molar-refractivity contribution in [3.05, 3.63) is 23.9 Å². The van der Waals surface area contributed by atoms with Crippen LogP contribution in [0.25, 0.3) is 0 Å². The number of hydrogen-bond donors (Lipinski definition) is 2. The highest BCUT2D eigenvalue weighted by atomic mass is 16.5. The normalized spacial score (nSPS) is 37.6. The van der Waals surface area contributed by atoms with E-state index in [4.69, 9.17) is 10.6 Å². The third-order valence-electron chi connectivity index (χ3n) is 3.45. The maximum Gasteiger partial charge on any atom is 0.109 e. The predicted octanol–water partition coefficient (Wildman–Crippen LogP) is 1.58. The summed E-state index contributed by atoms with van der Waals surface area (Å²) in [6.45, 7) is 6.42. The van der Waals surface area contributed by atoms with Crippen LogP contribution in [0.2, 0.25) is 0 Å². The molecule has 1 rings (SSSR count). The van der Waals surface area contributed by atoms with E-state index in [1.165, 1.54) is 0 Å². The van der Waals surface area contributed by atoms with E-state index in [-0.39, 0.29) is 5.60 Å². The molecule has 1 aliphatic carbocycles. The van der Waals surface area contributed by atoms with Crippen LogP contribution in [0, 0.1) is 11.8 Å². The van der Waals surface area contributed by atoms with E-state index in [1.807, 2.05) is 12.2 Å². The van der Waals surface area contributed by atoms with Crippen LogP contribution in [-0.4, -0.2) is 12.7 Å². The number of rotatable bonds is 2. The van der Waals surface area contributed by atoms with Gasteiger partial charge in [-0.25, -0.2) is 0 Å². The lowest BCUT2D eigenvalue weighted by atomic mass is 9.80. The zero-order valence-electron chi connectivity index (χ0n) is 9.37. The Kier molecular flexibility index (Phi) is 3.34. The molecule has 80 valence electrons. The van der Waals surface area contributed by atoms with E-state index in [0.29, 0.717) is 11.8 Å². The molecule has 0 bridgehead atoms. The summed E-state index contributed by atoms with van der Waals surface area (Å²) in [5.41, 5.74) is 3.31. The average Bonchev–Trinajstić information content (AvgIpc) is 2.30. The quantitative estimate of drug-likeness (QED) is 0.520. The second-order valence-corrected chi connectivity index (χ2v) is 4.07. The monoisotopic (exact) mass is 196 g/mol. The second-order valence-electron chi connectivity index (χ2n) is 4.07. The maximum atomic E-state index is 5.59. The van der Waals surface area contributed by atoms with Crippen LogP contribution >= 0.6 is 0 Å². The number of nitrogens with one attached hydrogen (secondary N) is 1. The molecule has 0 aromatic heterocycles. The van der Waals surface area contributed by atoms with Crippen molar-refractivity contribution in [3.63, 3.8) is 0 Å². The average molecular weight is 196 g/mol. The van der Waals surface area contributed by atoms with Crippen molar-refractivity contribution >= 4 is 0 Å². The van der Waals surface area contributed by atoms with Gasteiger partial charge < -0.3 is 10.2 Å². The molecule has 0 spiro atoms. The van der Waals surface area contributed by atoms with Gasteiger partial charge in [-0.3, -0.25) is 5.84 Å². The topological polar surface area (TPSA) is 47.3 Å². The summed E-state index contributed by atoms with van der Waals surface area (Å²) in [6.07, 6.45) is 6.18. The SMILES string of the molecule is COC1(C)C(NN)=CC=CC(C)[C@@H]1C. The van der Waals surface area contributed by atoms with Gasteiger partial charge in [-0.05, 0) is 24.8 Å². The fraction of sp³-hybridized carbons (Fsp3) is 0.636. The van der Waals surface area contributed by atoms with Gasteiger partial charge in [0.25, 0.3) is 0 Å². The summed E-state index contributed by atoms with van der Waals surface area (Å²) in [5.74, 6) is 6.36. The summed E-state index contributed by atoms with van der Waals surface area (Å²) in [5, 5.41) is 0. The van der Waals surface area contributed by atoms with Crippen molar-refractivity contribution in [1.82, 2.24) is 5.43 Å². The second kappa shape index (κ2) is 4.15. The molecule has 0 saturated carbocycles. The molecule has 0 aromatic carbocycles. The van der Waals surface area contributed by atoms with Crippen LogP contribution in [0.3, 0.4) is 0 Å². The molecule has 0 aromatic rings. The fourth-order valence-corrected chi connectivity index (χ4v) is 1.89. The number of hydrazine groups is 1. The van der Waals surface area contributed by atoms with Crippen LogP contribution in [0.4, 0.5) is 0 Å². The Balaban J connectivity index is 3.07. The molecular weight excluding hydrogens is 176 g/mol. The first-order valence-electron chi connectivity index (χ1n) is 4.97. The molecule has 3 atom stereocenters. The molecule has 0 saturated heterocycles. The molecule has 1 aliphatic rings. The Morgan fingerprint density at radius 1 is 1.50 bits per heavy atom. The molecule has 3 heteroatoms. The molecule has 14 heavy (non-hydrogen) atoms. The molecule has 0 heterocycles. The van der Waals surface area contributed by atoms with E-state index < -0.39 is 0 Å². The van der Waals surface area contributed by atoms with Crippen molar-refractivity contribution in [2.75, 3.05) is 7.11 Å². The minimum atomic E-state index is -0.336. The Labute approximate surface area is 86.0 Å². The minimum absolute atomic E-state index is 0.336. The van der Waals surface area contributed by atoms with E-state index in [0.717, 1.165) is 5.70 Å². The van der Waals surface area contributed by atoms with Gasteiger partial charge in [0, 0.05) is 7.11 Å². The summed E-state index contributed by atoms with van der Waals surface area (Å²) in [7, 11) is 1.72. The zero-order valence-corrected chi connectivity index (χ0v) is 9.37. The minimum Gasteiger partial charge on any atom is -0.372 e. The Hall–Kier alpha value is -0.800. The van der Waals surface area contributed by atoms with Crippen molar-refractivity contribution in [3.8, 4) is 0 Å². The van der Waals surface area contributed by atoms with E-state index >= 15 is 0 Å². The summed E-state index contributed by atoms with van der Waals surface area (Å²) < 4.78 is 5.59. The molecule has 0 aliphatic heterocycles. The number of nitrogens with two attached hydrogens (primary N) is 1. The Morgan fingerprint density at radius 3 is 2.64 bits per heavy atom. The molecule has 0 radical (unpaired) electrons. The number of hydrogen-bond acceptors (Lipinski definition) is 3. The van der Waals surface area contributed by atoms with Crippen molar-refractivity contribution in [2.45, 2.75) is 26.4 Å². The number of ether oxygens (including phenoxy) is 1. The lowest BCUT2D eigenvalue weighted by Crippen LogP contribution is -2.46. The number of methoxy groups -OCH3 is 1. The molecule has 3 nitrogen and oxygen atoms in total. The van der Waals surface area contributed by atoms with Gasteiger partial charge in [0.05, 0.1) is 5.70 Å². The van der Waals surface area contributed by atoms with Crippen molar-refractivity contribution in [2.24, 2.45) is 17.7 Å². The van der Waals surface area contributed by atoms with Gasteiger partial charge in [0.1, 0.15) is 5.60 Å². The Morgan fingerprint density at radius 2 is 2.14 bits per heavy atom. The Bertz CT molecular complexity index is 260. The predicted molar refractivity (Wildman–Crippen MR) is 58.3 cm³/mol. The summed E-state index contributed by atoms with van der Waals surface area (Å²) >= 11 is 0. The van der Waals surface area contributed by atoms with Crippen molar-refractivity contribution < 1.29 is 4.74 Å². The third kappa shape index (κ3) is 1.70. The van der Waals surface area contributed by atoms with Crippen molar-refractivity contribution in [1.29, 1.82) is 0 Å². The van der Waals surface area contributed by atoms with Crippen LogP contribution in [0.1, 0.15) is 20.8 Å². The standard InChI is InChI=1S/C11H20N2O/c1-8-6-5-7-10(13-12)11(3,14-4)9(8)2/h5-9,13H,12H2,1-4H3/t8?,9-,11?/m0/s1. The largest absolute Gasteiger partial charge is 0.372 e. The molecule has 0 fully saturated rings. The lowest BCUT2D eigenvalue weighted by molar-refractivity contribution is -0.0221. The fourth-order valence-electron chi connectivity index (χ4n) is 1.89. The van der Waals surface area contributed by atoms with Gasteiger partial charge in [-0.2, -0.15) is 0 Å². The zero-order chi connectivity index (χ0) is 10.8. The van der Waals surface area contributed by atoms with Gasteiger partial charge >= 0.3 is 0 Å². The van der Waals surface area contributed by atoms with E-state index in [1.54, 1.807) is 7.11 Å². The maximum absolute atomic E-state index is 5.59. The molecule has 3 N–H and O–H groups in total. The first-order valence-corrected chi connectivity index (χ1v) is 4.97. The highest BCUT2D eigenvalue weighted by Crippen LogP contribution is 2.35. The van der Waals surface area contributed by atoms with Gasteiger partial charge in [-0.1, -0.05) is 26.0 Å². The van der Waals surface area contributed by atoms with Crippen LogP contribution < -0.4 is 11.3 Å². The van der Waals surface area contributed by atoms with Crippen LogP contribution in [-0.2, 0) is 4.74 Å². The third-order valence-corrected chi connectivity index (χ3v) is 3.45. The van der Waals surface area contributed by atoms with E-state index in [9.17, 15) is 0 Å². The van der Waals surface area contributed by atoms with Crippen LogP contribution in [0.5, 0.6) is 0 Å². The summed E-state index contributed by atoms with van der Waals surface area (Å²) in [4.78, 5) is 0. The molecular formula is C11H20N2O. The van der Waals surface area contributed by atoms with Gasteiger partial charge in [0.15, 0.2) is 0 Å². The highest BCUT2D eigenvalue weighted by molar-refractivity contribution is 5.25. The summed E-state index contributed by atoms with van der Waals surface area (Å²) in [6, 6.07) is 0. The smallest absolute Gasteiger partial charge is 0.109 e. The molecule has 2 unspecified atom stereocenters. The first-order chi connectivity index (χ1) is 6.56. The first kappa shape index (κ1) is 11.3. The lowest BCUT2D eigenvalue weighted by Gasteiger charge is -2.37. The van der Waals surface area contributed by atoms with Crippen LogP contribution in [0.15, 0.2) is 23.9 Å². The van der Waals surface area contributed by atoms with Gasteiger partial charge in [0.2, 0.25) is 0 Å². The highest BCUT2D eigenvalue weighted by Gasteiger charge is 2.38.